The van der Waals surface area contributed by atoms with Gasteiger partial charge in [0.1, 0.15) is 12.7 Å². The molecule has 2 aliphatic heterocycles. The van der Waals surface area contributed by atoms with E-state index in [0.717, 1.165) is 44.4 Å². The lowest BCUT2D eigenvalue weighted by Crippen LogP contribution is -2.44. The molecule has 2 aliphatic rings. The predicted molar refractivity (Wildman–Crippen MR) is 87.6 cm³/mol. The largest absolute Gasteiger partial charge is 0.376 e. The fourth-order valence-electron chi connectivity index (χ4n) is 3.26. The van der Waals surface area contributed by atoms with Crippen LogP contribution in [0, 0.1) is 0 Å². The molecule has 1 unspecified atom stereocenters. The van der Waals surface area contributed by atoms with Crippen molar-refractivity contribution in [1.82, 2.24) is 15.1 Å². The van der Waals surface area contributed by atoms with Crippen LogP contribution >= 0.6 is 0 Å². The van der Waals surface area contributed by atoms with Gasteiger partial charge in [0, 0.05) is 31.5 Å². The molecule has 1 aromatic rings. The number of carbonyl (C=O) groups is 1. The number of carbonyl (C=O) groups excluding carboxylic acids is 1. The topological polar surface area (TPSA) is 74.6 Å². The molecule has 3 heterocycles. The van der Waals surface area contributed by atoms with E-state index in [4.69, 9.17) is 14.2 Å². The lowest BCUT2D eigenvalue weighted by Gasteiger charge is -2.31. The molecule has 24 heavy (non-hydrogen) atoms. The van der Waals surface area contributed by atoms with E-state index in [1.54, 1.807) is 0 Å². The summed E-state index contributed by atoms with van der Waals surface area (Å²) in [5, 5.41) is 7.36. The Balaban J connectivity index is 1.48. The van der Waals surface area contributed by atoms with Crippen LogP contribution in [-0.2, 0) is 25.5 Å². The second-order valence-corrected chi connectivity index (χ2v) is 6.39. The summed E-state index contributed by atoms with van der Waals surface area (Å²) in [4.78, 5) is 12.2. The molecule has 7 heteroatoms. The summed E-state index contributed by atoms with van der Waals surface area (Å²) in [5.74, 6) is -0.101. The Labute approximate surface area is 142 Å². The molecule has 0 aliphatic carbocycles. The fourth-order valence-corrected chi connectivity index (χ4v) is 3.26. The van der Waals surface area contributed by atoms with Gasteiger partial charge in [0.05, 0.1) is 24.9 Å². The second-order valence-electron chi connectivity index (χ2n) is 6.39. The average Bonchev–Trinajstić information content (AvgIpc) is 3.27. The van der Waals surface area contributed by atoms with Crippen LogP contribution in [0.25, 0.3) is 0 Å². The van der Waals surface area contributed by atoms with Crippen LogP contribution < -0.4 is 5.32 Å². The van der Waals surface area contributed by atoms with Crippen LogP contribution in [-0.4, -0.2) is 54.3 Å². The SMILES string of the molecule is CCn1cc([C@H]2OCCC[C@@H]2NC(=O)COCC2CCCO2)cn1. The van der Waals surface area contributed by atoms with E-state index in [1.165, 1.54) is 0 Å². The number of nitrogens with zero attached hydrogens (tertiary/aromatic N) is 2. The van der Waals surface area contributed by atoms with Crippen molar-refractivity contribution in [1.29, 1.82) is 0 Å². The van der Waals surface area contributed by atoms with Crippen LogP contribution in [0.15, 0.2) is 12.4 Å². The minimum atomic E-state index is -0.138. The molecule has 3 atom stereocenters. The highest BCUT2D eigenvalue weighted by Gasteiger charge is 2.29. The first-order valence-electron chi connectivity index (χ1n) is 8.89. The predicted octanol–water partition coefficient (Wildman–Crippen LogP) is 1.43. The van der Waals surface area contributed by atoms with E-state index in [9.17, 15) is 4.79 Å². The highest BCUT2D eigenvalue weighted by molar-refractivity contribution is 5.77. The van der Waals surface area contributed by atoms with E-state index >= 15 is 0 Å². The van der Waals surface area contributed by atoms with Gasteiger partial charge in [0.25, 0.3) is 0 Å². The van der Waals surface area contributed by atoms with E-state index in [0.29, 0.717) is 13.2 Å². The monoisotopic (exact) mass is 337 g/mol. The smallest absolute Gasteiger partial charge is 0.246 e. The number of nitrogens with one attached hydrogen (secondary N) is 1. The minimum absolute atomic E-state index is 0.0351. The molecule has 0 aromatic carbocycles. The van der Waals surface area contributed by atoms with Crippen LogP contribution in [0.3, 0.4) is 0 Å². The van der Waals surface area contributed by atoms with Crippen molar-refractivity contribution in [3.63, 3.8) is 0 Å². The van der Waals surface area contributed by atoms with Crippen LogP contribution in [0.1, 0.15) is 44.3 Å². The van der Waals surface area contributed by atoms with Crippen LogP contribution in [0.5, 0.6) is 0 Å². The summed E-state index contributed by atoms with van der Waals surface area (Å²) >= 11 is 0. The number of aromatic nitrogens is 2. The molecule has 134 valence electrons. The number of aryl methyl sites for hydroxylation is 1. The summed E-state index contributed by atoms with van der Waals surface area (Å²) < 4.78 is 18.7. The van der Waals surface area contributed by atoms with Gasteiger partial charge in [-0.2, -0.15) is 5.10 Å². The van der Waals surface area contributed by atoms with Gasteiger partial charge in [-0.15, -0.1) is 0 Å². The highest BCUT2D eigenvalue weighted by atomic mass is 16.5. The van der Waals surface area contributed by atoms with Gasteiger partial charge in [-0.1, -0.05) is 0 Å². The van der Waals surface area contributed by atoms with E-state index in [-0.39, 0.29) is 30.8 Å². The third kappa shape index (κ3) is 4.55. The van der Waals surface area contributed by atoms with Crippen LogP contribution in [0.2, 0.25) is 0 Å². The van der Waals surface area contributed by atoms with Gasteiger partial charge in [-0.05, 0) is 32.6 Å². The van der Waals surface area contributed by atoms with Crippen molar-refractivity contribution in [2.75, 3.05) is 26.4 Å². The number of hydrogen-bond acceptors (Lipinski definition) is 5. The molecule has 1 N–H and O–H groups in total. The van der Waals surface area contributed by atoms with Crippen LogP contribution in [0.4, 0.5) is 0 Å². The Morgan fingerprint density at radius 2 is 2.21 bits per heavy atom. The zero-order chi connectivity index (χ0) is 16.8. The number of ether oxygens (including phenoxy) is 3. The Bertz CT molecular complexity index is 528. The number of rotatable bonds is 7. The Morgan fingerprint density at radius 3 is 2.96 bits per heavy atom. The summed E-state index contributed by atoms with van der Waals surface area (Å²) in [6.45, 7) is 4.93. The highest BCUT2D eigenvalue weighted by Crippen LogP contribution is 2.28. The normalized spacial score (nSPS) is 27.3. The number of amides is 1. The molecule has 3 rings (SSSR count). The molecule has 0 bridgehead atoms. The molecule has 7 nitrogen and oxygen atoms in total. The standard InChI is InChI=1S/C17H27N3O4/c1-2-20-10-13(9-18-20)17-15(6-4-8-24-17)19-16(21)12-22-11-14-5-3-7-23-14/h9-10,14-15,17H,2-8,11-12H2,1H3,(H,19,21)/t14?,15-,17+/m0/s1. The first-order chi connectivity index (χ1) is 11.8. The van der Waals surface area contributed by atoms with Gasteiger partial charge in [-0.25, -0.2) is 0 Å². The maximum Gasteiger partial charge on any atom is 0.246 e. The van der Waals surface area contributed by atoms with Crippen molar-refractivity contribution in [2.45, 2.75) is 57.4 Å². The van der Waals surface area contributed by atoms with Gasteiger partial charge in [0.2, 0.25) is 5.91 Å². The molecule has 1 aromatic heterocycles. The maximum atomic E-state index is 12.2. The Kier molecular flexibility index (Phi) is 6.23. The average molecular weight is 337 g/mol. The van der Waals surface area contributed by atoms with Crippen molar-refractivity contribution < 1.29 is 19.0 Å². The molecule has 0 saturated carbocycles. The lowest BCUT2D eigenvalue weighted by atomic mass is 9.98. The number of hydrogen-bond donors (Lipinski definition) is 1. The van der Waals surface area contributed by atoms with Crippen molar-refractivity contribution in [3.05, 3.63) is 18.0 Å². The van der Waals surface area contributed by atoms with E-state index in [2.05, 4.69) is 10.4 Å². The van der Waals surface area contributed by atoms with Gasteiger partial charge >= 0.3 is 0 Å². The third-order valence-electron chi connectivity index (χ3n) is 4.54. The summed E-state index contributed by atoms with van der Waals surface area (Å²) in [5.41, 5.74) is 1.02. The molecular formula is C17H27N3O4. The zero-order valence-electron chi connectivity index (χ0n) is 14.3. The Morgan fingerprint density at radius 1 is 1.38 bits per heavy atom. The molecule has 1 amide bonds. The summed E-state index contributed by atoms with van der Waals surface area (Å²) in [6, 6.07) is -0.0351. The molecule has 0 radical (unpaired) electrons. The lowest BCUT2D eigenvalue weighted by molar-refractivity contribution is -0.129. The third-order valence-corrected chi connectivity index (χ3v) is 4.54. The molecule has 0 spiro atoms. The summed E-state index contributed by atoms with van der Waals surface area (Å²) in [6.07, 6.45) is 7.76. The molecule has 2 saturated heterocycles. The van der Waals surface area contributed by atoms with Crippen molar-refractivity contribution in [3.8, 4) is 0 Å². The molecule has 2 fully saturated rings. The zero-order valence-corrected chi connectivity index (χ0v) is 14.3. The summed E-state index contributed by atoms with van der Waals surface area (Å²) in [7, 11) is 0. The first-order valence-corrected chi connectivity index (χ1v) is 8.89. The van der Waals surface area contributed by atoms with E-state index in [1.807, 2.05) is 24.0 Å². The first kappa shape index (κ1) is 17.4. The minimum Gasteiger partial charge on any atom is -0.376 e. The van der Waals surface area contributed by atoms with Gasteiger partial charge in [-0.3, -0.25) is 9.48 Å². The Hall–Kier alpha value is -1.44. The van der Waals surface area contributed by atoms with E-state index < -0.39 is 0 Å². The fraction of sp³-hybridized carbons (Fsp3) is 0.765. The molecular weight excluding hydrogens is 310 g/mol. The quantitative estimate of drug-likeness (QED) is 0.815. The van der Waals surface area contributed by atoms with Gasteiger partial charge < -0.3 is 19.5 Å². The van der Waals surface area contributed by atoms with Crippen molar-refractivity contribution >= 4 is 5.91 Å². The van der Waals surface area contributed by atoms with Gasteiger partial charge in [0.15, 0.2) is 0 Å². The maximum absolute atomic E-state index is 12.2. The van der Waals surface area contributed by atoms with Crippen molar-refractivity contribution in [2.24, 2.45) is 0 Å². The second kappa shape index (κ2) is 8.60.